The molecule has 3 amide bonds. The summed E-state index contributed by atoms with van der Waals surface area (Å²) in [6.07, 6.45) is 6.20. The van der Waals surface area contributed by atoms with E-state index in [-0.39, 0.29) is 29.8 Å². The summed E-state index contributed by atoms with van der Waals surface area (Å²) in [5, 5.41) is 12.4. The van der Waals surface area contributed by atoms with Gasteiger partial charge in [-0.15, -0.1) is 0 Å². The molecular weight excluding hydrogens is 334 g/mol. The molecule has 144 valence electrons. The van der Waals surface area contributed by atoms with Crippen LogP contribution in [0.3, 0.4) is 0 Å². The van der Waals surface area contributed by atoms with Crippen LogP contribution in [0.25, 0.3) is 0 Å². The lowest BCUT2D eigenvalue weighted by Gasteiger charge is -2.42. The molecule has 26 heavy (non-hydrogen) atoms. The molecule has 2 N–H and O–H groups in total. The molecule has 7 heteroatoms. The molecule has 2 saturated heterocycles. The van der Waals surface area contributed by atoms with Gasteiger partial charge in [-0.1, -0.05) is 0 Å². The lowest BCUT2D eigenvalue weighted by Crippen LogP contribution is -2.55. The van der Waals surface area contributed by atoms with Crippen LogP contribution in [0.5, 0.6) is 0 Å². The number of rotatable bonds is 3. The fraction of sp³-hybridized carbons (Fsp3) is 0.842. The zero-order chi connectivity index (χ0) is 18.3. The maximum Gasteiger partial charge on any atom is 0.320 e. The predicted molar refractivity (Wildman–Crippen MR) is 94.4 cm³/mol. The van der Waals surface area contributed by atoms with E-state index in [4.69, 9.17) is 0 Å². The molecule has 2 saturated carbocycles. The van der Waals surface area contributed by atoms with E-state index in [1.54, 1.807) is 0 Å². The average molecular weight is 363 g/mol. The number of hydrogen-bond acceptors (Lipinski definition) is 3. The van der Waals surface area contributed by atoms with E-state index in [1.165, 1.54) is 0 Å². The fourth-order valence-electron chi connectivity index (χ4n) is 5.37. The molecule has 0 aromatic heterocycles. The Balaban J connectivity index is 1.28. The summed E-state index contributed by atoms with van der Waals surface area (Å²) in [7, 11) is 0. The first-order valence-corrected chi connectivity index (χ1v) is 10.1. The number of likely N-dealkylation sites (tertiary alicyclic amines) is 2. The number of amides is 3. The monoisotopic (exact) mass is 363 g/mol. The first kappa shape index (κ1) is 17.6. The maximum absolute atomic E-state index is 12.7. The lowest BCUT2D eigenvalue weighted by molar-refractivity contribution is -0.141. The summed E-state index contributed by atoms with van der Waals surface area (Å²) < 4.78 is 0. The number of carbonyl (C=O) groups is 3. The lowest BCUT2D eigenvalue weighted by atomic mass is 9.71. The summed E-state index contributed by atoms with van der Waals surface area (Å²) in [6, 6.07) is 0.213. The van der Waals surface area contributed by atoms with Gasteiger partial charge in [-0.3, -0.25) is 9.59 Å². The number of piperidine rings is 1. The van der Waals surface area contributed by atoms with E-state index in [0.29, 0.717) is 24.8 Å². The van der Waals surface area contributed by atoms with Crippen LogP contribution in [0.2, 0.25) is 0 Å². The summed E-state index contributed by atoms with van der Waals surface area (Å²) in [4.78, 5) is 40.2. The van der Waals surface area contributed by atoms with Crippen molar-refractivity contribution in [1.82, 2.24) is 15.1 Å². The molecule has 4 fully saturated rings. The third-order valence-corrected chi connectivity index (χ3v) is 6.94. The molecule has 0 aromatic rings. The number of hydrogen-bond donors (Lipinski definition) is 2. The zero-order valence-corrected chi connectivity index (χ0v) is 15.2. The second kappa shape index (κ2) is 7.08. The van der Waals surface area contributed by atoms with Gasteiger partial charge in [-0.25, -0.2) is 4.79 Å². The minimum absolute atomic E-state index is 0.0474. The van der Waals surface area contributed by atoms with Gasteiger partial charge >= 0.3 is 12.0 Å². The van der Waals surface area contributed by atoms with Crippen LogP contribution in [-0.2, 0) is 9.59 Å². The summed E-state index contributed by atoms with van der Waals surface area (Å²) in [5.41, 5.74) is 0. The Morgan fingerprint density at radius 1 is 0.885 bits per heavy atom. The summed E-state index contributed by atoms with van der Waals surface area (Å²) in [5.74, 6) is -0.243. The Kier molecular flexibility index (Phi) is 4.80. The Labute approximate surface area is 154 Å². The minimum Gasteiger partial charge on any atom is -0.481 e. The fourth-order valence-corrected chi connectivity index (χ4v) is 5.37. The number of nitrogens with zero attached hydrogens (tertiary/aromatic N) is 2. The number of carbonyl (C=O) groups excluding carboxylic acids is 2. The molecule has 2 unspecified atom stereocenters. The number of urea groups is 1. The summed E-state index contributed by atoms with van der Waals surface area (Å²) in [6.45, 7) is 2.93. The van der Waals surface area contributed by atoms with Gasteiger partial charge in [0.15, 0.2) is 0 Å². The molecule has 4 aliphatic rings. The summed E-state index contributed by atoms with van der Waals surface area (Å²) >= 11 is 0. The number of carboxylic acids is 1. The normalized spacial score (nSPS) is 36.4. The van der Waals surface area contributed by atoms with Crippen LogP contribution in [0.1, 0.15) is 44.9 Å². The third-order valence-electron chi connectivity index (χ3n) is 6.94. The Bertz CT molecular complexity index is 589. The first-order chi connectivity index (χ1) is 12.5. The Morgan fingerprint density at radius 3 is 2.35 bits per heavy atom. The molecule has 0 bridgehead atoms. The standard InChI is InChI=1S/C19H29N3O4/c23-17(20-16-10-13-8-14(18(24)25)9-15(13)16)12-4-3-7-22(11-12)19(26)21-5-1-2-6-21/h12-16H,1-11H2,(H,20,23)(H,24,25)/t12?,13-,14?,15-,16-/m1/s1. The highest BCUT2D eigenvalue weighted by Crippen LogP contribution is 2.49. The molecular formula is C19H29N3O4. The van der Waals surface area contributed by atoms with Crippen LogP contribution in [0.4, 0.5) is 4.79 Å². The van der Waals surface area contributed by atoms with Crippen molar-refractivity contribution in [3.63, 3.8) is 0 Å². The van der Waals surface area contributed by atoms with E-state index in [1.807, 2.05) is 9.80 Å². The third kappa shape index (κ3) is 3.28. The molecule has 2 aliphatic heterocycles. The van der Waals surface area contributed by atoms with Gasteiger partial charge in [-0.05, 0) is 56.8 Å². The van der Waals surface area contributed by atoms with Crippen molar-refractivity contribution in [2.45, 2.75) is 51.0 Å². The van der Waals surface area contributed by atoms with Crippen LogP contribution in [0.15, 0.2) is 0 Å². The van der Waals surface area contributed by atoms with Gasteiger partial charge in [0.2, 0.25) is 5.91 Å². The highest BCUT2D eigenvalue weighted by Gasteiger charge is 2.50. The molecule has 0 radical (unpaired) electrons. The topological polar surface area (TPSA) is 90.0 Å². The number of fused-ring (bicyclic) bond motifs is 1. The smallest absolute Gasteiger partial charge is 0.320 e. The van der Waals surface area contributed by atoms with Crippen LogP contribution in [-0.4, -0.2) is 65.0 Å². The molecule has 2 heterocycles. The Hall–Kier alpha value is -1.79. The van der Waals surface area contributed by atoms with Crippen molar-refractivity contribution in [1.29, 1.82) is 0 Å². The van der Waals surface area contributed by atoms with E-state index in [9.17, 15) is 19.5 Å². The van der Waals surface area contributed by atoms with Gasteiger partial charge in [-0.2, -0.15) is 0 Å². The number of aliphatic carboxylic acids is 1. The average Bonchev–Trinajstić information content (AvgIpc) is 3.27. The van der Waals surface area contributed by atoms with Crippen molar-refractivity contribution in [3.05, 3.63) is 0 Å². The van der Waals surface area contributed by atoms with Crippen molar-refractivity contribution in [3.8, 4) is 0 Å². The van der Waals surface area contributed by atoms with Gasteiger partial charge < -0.3 is 20.2 Å². The molecule has 0 aromatic carbocycles. The van der Waals surface area contributed by atoms with E-state index in [0.717, 1.165) is 58.2 Å². The van der Waals surface area contributed by atoms with Crippen molar-refractivity contribution >= 4 is 17.9 Å². The second-order valence-electron chi connectivity index (χ2n) is 8.54. The second-order valence-corrected chi connectivity index (χ2v) is 8.54. The first-order valence-electron chi connectivity index (χ1n) is 10.1. The Morgan fingerprint density at radius 2 is 1.62 bits per heavy atom. The van der Waals surface area contributed by atoms with Crippen LogP contribution in [0, 0.1) is 23.7 Å². The van der Waals surface area contributed by atoms with Gasteiger partial charge in [0.25, 0.3) is 0 Å². The van der Waals surface area contributed by atoms with Gasteiger partial charge in [0.1, 0.15) is 0 Å². The minimum atomic E-state index is -0.701. The molecule has 4 rings (SSSR count). The number of nitrogens with one attached hydrogen (secondary N) is 1. The van der Waals surface area contributed by atoms with Crippen molar-refractivity contribution < 1.29 is 19.5 Å². The molecule has 0 spiro atoms. The van der Waals surface area contributed by atoms with Gasteiger partial charge in [0.05, 0.1) is 11.8 Å². The molecule has 7 nitrogen and oxygen atoms in total. The van der Waals surface area contributed by atoms with E-state index in [2.05, 4.69) is 5.32 Å². The van der Waals surface area contributed by atoms with Gasteiger partial charge in [0, 0.05) is 32.2 Å². The van der Waals surface area contributed by atoms with Crippen LogP contribution < -0.4 is 5.32 Å². The highest BCUT2D eigenvalue weighted by atomic mass is 16.4. The van der Waals surface area contributed by atoms with E-state index < -0.39 is 5.97 Å². The predicted octanol–water partition coefficient (Wildman–Crippen LogP) is 1.53. The molecule has 5 atom stereocenters. The zero-order valence-electron chi connectivity index (χ0n) is 15.2. The highest BCUT2D eigenvalue weighted by molar-refractivity contribution is 5.81. The maximum atomic E-state index is 12.7. The van der Waals surface area contributed by atoms with Crippen LogP contribution >= 0.6 is 0 Å². The quantitative estimate of drug-likeness (QED) is 0.796. The molecule has 2 aliphatic carbocycles. The van der Waals surface area contributed by atoms with Crippen molar-refractivity contribution in [2.75, 3.05) is 26.2 Å². The number of carboxylic acid groups (broad SMARTS) is 1. The van der Waals surface area contributed by atoms with Crippen molar-refractivity contribution in [2.24, 2.45) is 23.7 Å². The SMILES string of the molecule is O=C(O)C1C[C@@H]2C[C@@H](NC(=O)C3CCCN(C(=O)N4CCCC4)C3)[C@@H]2C1. The largest absolute Gasteiger partial charge is 0.481 e. The van der Waals surface area contributed by atoms with E-state index >= 15 is 0 Å².